The van der Waals surface area contributed by atoms with Crippen LogP contribution < -0.4 is 16.4 Å². The van der Waals surface area contributed by atoms with Gasteiger partial charge in [0.2, 0.25) is 11.8 Å². The minimum atomic E-state index is -1.22. The van der Waals surface area contributed by atoms with Crippen molar-refractivity contribution in [1.29, 1.82) is 0 Å². The summed E-state index contributed by atoms with van der Waals surface area (Å²) in [7, 11) is 0. The second-order valence-electron chi connectivity index (χ2n) is 3.90. The van der Waals surface area contributed by atoms with Gasteiger partial charge in [-0.15, -0.1) is 0 Å². The minimum Gasteiger partial charge on any atom is -0.480 e. The summed E-state index contributed by atoms with van der Waals surface area (Å²) in [6.45, 7) is -0.567. The van der Waals surface area contributed by atoms with Gasteiger partial charge in [0.1, 0.15) is 18.6 Å². The maximum absolute atomic E-state index is 11.5. The van der Waals surface area contributed by atoms with Crippen LogP contribution in [-0.4, -0.2) is 58.3 Å². The van der Waals surface area contributed by atoms with Crippen molar-refractivity contribution in [2.45, 2.75) is 24.9 Å². The van der Waals surface area contributed by atoms with Crippen LogP contribution in [-0.2, 0) is 19.2 Å². The second kappa shape index (κ2) is 9.15. The number of aliphatic carboxylic acids is 2. The number of amides is 2. The first kappa shape index (κ1) is 18.2. The summed E-state index contributed by atoms with van der Waals surface area (Å²) in [4.78, 5) is 43.7. The average Bonchev–Trinajstić information content (AvgIpc) is 2.38. The summed E-state index contributed by atoms with van der Waals surface area (Å²) in [5, 5.41) is 21.4. The number of carbonyl (C=O) groups is 4. The van der Waals surface area contributed by atoms with Crippen molar-refractivity contribution in [1.82, 2.24) is 10.6 Å². The molecular formula is C10H17N3O6S. The molecule has 2 atom stereocenters. The van der Waals surface area contributed by atoms with Crippen LogP contribution in [0.5, 0.6) is 0 Å². The van der Waals surface area contributed by atoms with E-state index >= 15 is 0 Å². The highest BCUT2D eigenvalue weighted by Gasteiger charge is 2.20. The van der Waals surface area contributed by atoms with Gasteiger partial charge in [0.05, 0.1) is 0 Å². The molecule has 0 fully saturated rings. The molecule has 0 radical (unpaired) electrons. The molecule has 0 heterocycles. The van der Waals surface area contributed by atoms with Crippen molar-refractivity contribution in [3.63, 3.8) is 0 Å². The first-order valence-corrected chi connectivity index (χ1v) is 6.29. The Morgan fingerprint density at radius 1 is 1.20 bits per heavy atom. The number of nitrogens with one attached hydrogen (secondary N) is 2. The Bertz CT molecular complexity index is 389. The lowest BCUT2D eigenvalue weighted by Gasteiger charge is -2.16. The third-order valence-electron chi connectivity index (χ3n) is 2.25. The van der Waals surface area contributed by atoms with Gasteiger partial charge in [-0.05, 0) is 6.42 Å². The monoisotopic (exact) mass is 310 g/mol. The van der Waals surface area contributed by atoms with Gasteiger partial charge < -0.3 is 26.6 Å². The molecule has 2 amide bonds. The van der Waals surface area contributed by atoms with E-state index in [0.29, 0.717) is 0 Å². The van der Waals surface area contributed by atoms with E-state index in [0.717, 1.165) is 0 Å². The number of rotatable bonds is 9. The molecule has 0 aromatic heterocycles. The molecule has 0 rings (SSSR count). The predicted molar refractivity (Wildman–Crippen MR) is 71.3 cm³/mol. The highest BCUT2D eigenvalue weighted by Crippen LogP contribution is 1.97. The zero-order valence-electron chi connectivity index (χ0n) is 10.5. The topological polar surface area (TPSA) is 159 Å². The fourth-order valence-electron chi connectivity index (χ4n) is 1.16. The highest BCUT2D eigenvalue weighted by atomic mass is 32.1. The van der Waals surface area contributed by atoms with Gasteiger partial charge >= 0.3 is 11.9 Å². The van der Waals surface area contributed by atoms with Gasteiger partial charge in [0, 0.05) is 12.2 Å². The summed E-state index contributed by atoms with van der Waals surface area (Å²) in [6, 6.07) is -2.15. The second-order valence-corrected chi connectivity index (χ2v) is 4.26. The van der Waals surface area contributed by atoms with E-state index in [1.807, 2.05) is 0 Å². The molecule has 0 aromatic rings. The number of carbonyl (C=O) groups excluding carboxylic acids is 2. The van der Waals surface area contributed by atoms with E-state index in [1.165, 1.54) is 0 Å². The smallest absolute Gasteiger partial charge is 0.322 e. The SMILES string of the molecule is N[C@@H](CCC(=O)N[C@@H](CS)C(=O)[15NH][13CH2][13C](=O)O)C(=O)O. The molecule has 0 bridgehead atoms. The third kappa shape index (κ3) is 7.59. The fourth-order valence-corrected chi connectivity index (χ4v) is 1.41. The molecule has 0 spiro atoms. The summed E-state index contributed by atoms with van der Waals surface area (Å²) in [5.41, 5.74) is 5.23. The van der Waals surface area contributed by atoms with Crippen molar-refractivity contribution in [3.05, 3.63) is 0 Å². The first-order chi connectivity index (χ1) is 9.27. The van der Waals surface area contributed by atoms with Crippen molar-refractivity contribution in [2.24, 2.45) is 5.73 Å². The lowest BCUT2D eigenvalue weighted by Crippen LogP contribution is -2.49. The number of hydrogen-bond acceptors (Lipinski definition) is 6. The van der Waals surface area contributed by atoms with Crippen molar-refractivity contribution in [3.8, 4) is 0 Å². The Kier molecular flexibility index (Phi) is 8.32. The zero-order chi connectivity index (χ0) is 15.7. The van der Waals surface area contributed by atoms with Crippen molar-refractivity contribution in [2.75, 3.05) is 12.3 Å². The van der Waals surface area contributed by atoms with Gasteiger partial charge in [-0.25, -0.2) is 0 Å². The normalized spacial score (nSPS) is 13.1. The number of nitrogens with two attached hydrogens (primary N) is 1. The van der Waals surface area contributed by atoms with Gasteiger partial charge in [-0.1, -0.05) is 0 Å². The van der Waals surface area contributed by atoms with E-state index in [9.17, 15) is 19.2 Å². The quantitative estimate of drug-likeness (QED) is 0.160. The Hall–Kier alpha value is -1.81. The Labute approximate surface area is 120 Å². The van der Waals surface area contributed by atoms with Crippen LogP contribution in [0.25, 0.3) is 0 Å². The van der Waals surface area contributed by atoms with Crippen LogP contribution in [0.15, 0.2) is 0 Å². The largest absolute Gasteiger partial charge is 0.480 e. The van der Waals surface area contributed by atoms with Crippen LogP contribution in [0.1, 0.15) is 12.8 Å². The van der Waals surface area contributed by atoms with Crippen molar-refractivity contribution < 1.29 is 29.4 Å². The van der Waals surface area contributed by atoms with E-state index < -0.39 is 42.4 Å². The zero-order valence-corrected chi connectivity index (χ0v) is 11.4. The maximum atomic E-state index is 11.5. The van der Waals surface area contributed by atoms with Gasteiger partial charge in [-0.3, -0.25) is 19.2 Å². The number of carboxylic acids is 2. The maximum Gasteiger partial charge on any atom is 0.322 e. The van der Waals surface area contributed by atoms with Crippen LogP contribution in [0.4, 0.5) is 0 Å². The fraction of sp³-hybridized carbons (Fsp3) is 0.600. The molecule has 0 saturated heterocycles. The van der Waals surface area contributed by atoms with Crippen LogP contribution in [0, 0.1) is 0 Å². The standard InChI is InChI=1S/C10H17N3O6S/c11-5(10(18)19)1-2-7(14)13-6(4-20)9(17)12-3-8(15)16/h5-6,20H,1-4,11H2,(H,12,17)(H,13,14)(H,15,16)(H,18,19)/t5-,6-/m0/s1/i3+1,8+1,12+1. The van der Waals surface area contributed by atoms with E-state index in [1.54, 1.807) is 0 Å². The Balaban J connectivity index is 4.21. The number of carboxylic acid groups (broad SMARTS) is 2. The first-order valence-electron chi connectivity index (χ1n) is 5.66. The number of thiol groups is 1. The number of hydrogen-bond donors (Lipinski definition) is 6. The molecule has 10 heteroatoms. The Morgan fingerprint density at radius 2 is 1.80 bits per heavy atom. The molecule has 0 unspecified atom stereocenters. The van der Waals surface area contributed by atoms with Gasteiger partial charge in [0.15, 0.2) is 0 Å². The summed E-state index contributed by atoms with van der Waals surface area (Å²) in [5.74, 6) is -3.70. The minimum absolute atomic E-state index is 0.0256. The third-order valence-corrected chi connectivity index (χ3v) is 2.61. The van der Waals surface area contributed by atoms with Gasteiger partial charge in [-0.2, -0.15) is 12.6 Å². The van der Waals surface area contributed by atoms with Crippen LogP contribution in [0.2, 0.25) is 0 Å². The Morgan fingerprint density at radius 3 is 2.25 bits per heavy atom. The molecule has 9 nitrogen and oxygen atoms in total. The van der Waals surface area contributed by atoms with Crippen molar-refractivity contribution >= 4 is 36.4 Å². The molecular weight excluding hydrogens is 293 g/mol. The van der Waals surface area contributed by atoms with Crippen LogP contribution in [0.3, 0.4) is 0 Å². The predicted octanol–water partition coefficient (Wildman–Crippen LogP) is -2.21. The molecule has 20 heavy (non-hydrogen) atoms. The lowest BCUT2D eigenvalue weighted by atomic mass is 10.1. The summed E-state index contributed by atoms with van der Waals surface area (Å²) < 4.78 is 0. The summed E-state index contributed by atoms with van der Waals surface area (Å²) in [6.07, 6.45) is -0.235. The van der Waals surface area contributed by atoms with E-state index in [2.05, 4.69) is 23.3 Å². The molecule has 114 valence electrons. The van der Waals surface area contributed by atoms with Crippen LogP contribution >= 0.6 is 12.6 Å². The molecule has 0 aliphatic heterocycles. The highest BCUT2D eigenvalue weighted by molar-refractivity contribution is 7.80. The summed E-state index contributed by atoms with van der Waals surface area (Å²) >= 11 is 3.87. The molecule has 0 aliphatic rings. The molecule has 0 saturated carbocycles. The van der Waals surface area contributed by atoms with Gasteiger partial charge in [0.25, 0.3) is 0 Å². The van der Waals surface area contributed by atoms with E-state index in [-0.39, 0.29) is 18.6 Å². The van der Waals surface area contributed by atoms with E-state index in [4.69, 9.17) is 15.9 Å². The lowest BCUT2D eigenvalue weighted by molar-refractivity contribution is -0.139. The average molecular weight is 310 g/mol. The molecule has 0 aliphatic carbocycles. The molecule has 0 aromatic carbocycles. The molecule has 6 N–H and O–H groups in total.